The third-order valence-electron chi connectivity index (χ3n) is 2.98. The Morgan fingerprint density at radius 2 is 2.20 bits per heavy atom. The van der Waals surface area contributed by atoms with E-state index in [1.165, 1.54) is 12.7 Å². The second-order valence-electron chi connectivity index (χ2n) is 3.95. The van der Waals surface area contributed by atoms with E-state index in [-0.39, 0.29) is 11.6 Å². The maximum Gasteiger partial charge on any atom is 0.162 e. The fourth-order valence-corrected chi connectivity index (χ4v) is 2.13. The summed E-state index contributed by atoms with van der Waals surface area (Å²) in [6.45, 7) is 3.59. The molecule has 0 amide bonds. The van der Waals surface area contributed by atoms with Gasteiger partial charge < -0.3 is 15.4 Å². The highest BCUT2D eigenvalue weighted by Crippen LogP contribution is 2.37. The first-order valence-corrected chi connectivity index (χ1v) is 5.10. The zero-order valence-corrected chi connectivity index (χ0v) is 8.31. The average molecular weight is 207 g/mol. The van der Waals surface area contributed by atoms with Crippen LogP contribution in [0.4, 0.5) is 0 Å². The number of nitrogens with one attached hydrogen (secondary N) is 2. The molecule has 3 heterocycles. The molecule has 2 aliphatic heterocycles. The molecule has 2 saturated heterocycles. The van der Waals surface area contributed by atoms with Crippen LogP contribution in [0.15, 0.2) is 12.7 Å². The number of ether oxygens (including phenoxy) is 1. The zero-order valence-electron chi connectivity index (χ0n) is 8.31. The van der Waals surface area contributed by atoms with Crippen LogP contribution in [0.5, 0.6) is 0 Å². The van der Waals surface area contributed by atoms with Crippen molar-refractivity contribution in [3.8, 4) is 0 Å². The molecule has 2 aliphatic rings. The van der Waals surface area contributed by atoms with Crippen LogP contribution in [0, 0.1) is 0 Å². The monoisotopic (exact) mass is 207 g/mol. The smallest absolute Gasteiger partial charge is 0.162 e. The van der Waals surface area contributed by atoms with Crippen molar-refractivity contribution in [2.45, 2.75) is 11.6 Å². The van der Waals surface area contributed by atoms with Gasteiger partial charge in [-0.1, -0.05) is 0 Å². The van der Waals surface area contributed by atoms with Crippen LogP contribution in [0.2, 0.25) is 0 Å². The summed E-state index contributed by atoms with van der Waals surface area (Å²) < 4.78 is 5.55. The normalized spacial score (nSPS) is 35.1. The predicted octanol–water partition coefficient (Wildman–Crippen LogP) is -1.13. The van der Waals surface area contributed by atoms with E-state index in [0.29, 0.717) is 5.82 Å². The van der Waals surface area contributed by atoms with Crippen LogP contribution in [0.3, 0.4) is 0 Å². The molecule has 3 rings (SSSR count). The number of hydrogen-bond acceptors (Lipinski definition) is 6. The van der Waals surface area contributed by atoms with E-state index in [9.17, 15) is 0 Å². The Balaban J connectivity index is 1.83. The lowest BCUT2D eigenvalue weighted by molar-refractivity contribution is -0.160. The molecule has 0 aliphatic carbocycles. The highest BCUT2D eigenvalue weighted by Gasteiger charge is 2.51. The Kier molecular flexibility index (Phi) is 2.12. The Hall–Kier alpha value is -1.11. The summed E-state index contributed by atoms with van der Waals surface area (Å²) >= 11 is 0. The minimum Gasteiger partial charge on any atom is -0.366 e. The van der Waals surface area contributed by atoms with Gasteiger partial charge in [0.2, 0.25) is 0 Å². The Labute approximate surface area is 87.5 Å². The third kappa shape index (κ3) is 1.41. The predicted molar refractivity (Wildman–Crippen MR) is 52.1 cm³/mol. The summed E-state index contributed by atoms with van der Waals surface area (Å²) in [5, 5.41) is 6.86. The van der Waals surface area contributed by atoms with E-state index >= 15 is 0 Å². The maximum absolute atomic E-state index is 5.55. The average Bonchev–Trinajstić information content (AvgIpc) is 2.30. The molecule has 15 heavy (non-hydrogen) atoms. The molecule has 6 heteroatoms. The van der Waals surface area contributed by atoms with E-state index in [4.69, 9.17) is 4.74 Å². The van der Waals surface area contributed by atoms with E-state index in [0.717, 1.165) is 26.2 Å². The van der Waals surface area contributed by atoms with Crippen molar-refractivity contribution in [1.82, 2.24) is 25.6 Å². The first-order chi connectivity index (χ1) is 7.41. The van der Waals surface area contributed by atoms with Gasteiger partial charge in [0.15, 0.2) is 5.82 Å². The molecule has 0 radical (unpaired) electrons. The molecule has 2 fully saturated rings. The standard InChI is InChI=1S/C9H13N5O/c1-2-14-9(3-10-1)4-15-7(9)8-12-5-11-6-13-8/h5-7,10,14H,1-4H2. The molecule has 1 aromatic rings. The Bertz CT molecular complexity index is 338. The van der Waals surface area contributed by atoms with Gasteiger partial charge in [-0.2, -0.15) is 0 Å². The molecule has 1 spiro atoms. The van der Waals surface area contributed by atoms with E-state index in [1.54, 1.807) is 0 Å². The van der Waals surface area contributed by atoms with E-state index < -0.39 is 0 Å². The highest BCUT2D eigenvalue weighted by atomic mass is 16.5. The van der Waals surface area contributed by atoms with Gasteiger partial charge in [0.05, 0.1) is 12.1 Å². The molecule has 2 atom stereocenters. The number of nitrogens with zero attached hydrogens (tertiary/aromatic N) is 3. The van der Waals surface area contributed by atoms with Gasteiger partial charge in [-0.15, -0.1) is 0 Å². The molecule has 2 N–H and O–H groups in total. The molecule has 0 bridgehead atoms. The van der Waals surface area contributed by atoms with Crippen molar-refractivity contribution >= 4 is 0 Å². The Morgan fingerprint density at radius 3 is 2.80 bits per heavy atom. The third-order valence-corrected chi connectivity index (χ3v) is 2.98. The molecule has 1 aromatic heterocycles. The van der Waals surface area contributed by atoms with Gasteiger partial charge in [-0.3, -0.25) is 0 Å². The fourth-order valence-electron chi connectivity index (χ4n) is 2.13. The number of rotatable bonds is 1. The fraction of sp³-hybridized carbons (Fsp3) is 0.667. The van der Waals surface area contributed by atoms with Gasteiger partial charge in [0, 0.05) is 19.6 Å². The number of aromatic nitrogens is 3. The molecule has 0 aromatic carbocycles. The first-order valence-electron chi connectivity index (χ1n) is 5.10. The summed E-state index contributed by atoms with van der Waals surface area (Å²) in [5.41, 5.74) is -0.0143. The van der Waals surface area contributed by atoms with Crippen molar-refractivity contribution in [1.29, 1.82) is 0 Å². The lowest BCUT2D eigenvalue weighted by Gasteiger charge is -2.50. The minimum absolute atomic E-state index is 0.0143. The van der Waals surface area contributed by atoms with E-state index in [2.05, 4.69) is 25.6 Å². The largest absolute Gasteiger partial charge is 0.366 e. The van der Waals surface area contributed by atoms with Gasteiger partial charge in [0.25, 0.3) is 0 Å². The van der Waals surface area contributed by atoms with Gasteiger partial charge in [0.1, 0.15) is 18.8 Å². The lowest BCUT2D eigenvalue weighted by atomic mass is 9.85. The van der Waals surface area contributed by atoms with Crippen molar-refractivity contribution in [2.24, 2.45) is 0 Å². The Morgan fingerprint density at radius 1 is 1.33 bits per heavy atom. The van der Waals surface area contributed by atoms with Crippen molar-refractivity contribution in [3.05, 3.63) is 18.5 Å². The molecule has 0 saturated carbocycles. The topological polar surface area (TPSA) is 72.0 Å². The van der Waals surface area contributed by atoms with Gasteiger partial charge >= 0.3 is 0 Å². The molecular formula is C9H13N5O. The zero-order chi connectivity index (χ0) is 10.1. The van der Waals surface area contributed by atoms with Crippen LogP contribution in [0.1, 0.15) is 11.9 Å². The SMILES string of the molecule is c1ncnc(C2OCC23CNCCN3)n1. The molecular weight excluding hydrogens is 194 g/mol. The summed E-state index contributed by atoms with van der Waals surface area (Å²) in [6.07, 6.45) is 2.97. The van der Waals surface area contributed by atoms with Gasteiger partial charge in [-0.25, -0.2) is 15.0 Å². The van der Waals surface area contributed by atoms with Crippen LogP contribution >= 0.6 is 0 Å². The van der Waals surface area contributed by atoms with E-state index in [1.807, 2.05) is 0 Å². The van der Waals surface area contributed by atoms with Crippen molar-refractivity contribution in [2.75, 3.05) is 26.2 Å². The summed E-state index contributed by atoms with van der Waals surface area (Å²) in [4.78, 5) is 12.1. The summed E-state index contributed by atoms with van der Waals surface area (Å²) in [6, 6.07) is 0. The van der Waals surface area contributed by atoms with Crippen LogP contribution in [-0.2, 0) is 4.74 Å². The van der Waals surface area contributed by atoms with Crippen LogP contribution in [0.25, 0.3) is 0 Å². The highest BCUT2D eigenvalue weighted by molar-refractivity contribution is 5.13. The van der Waals surface area contributed by atoms with Crippen LogP contribution in [-0.4, -0.2) is 46.7 Å². The maximum atomic E-state index is 5.55. The van der Waals surface area contributed by atoms with Crippen molar-refractivity contribution in [3.63, 3.8) is 0 Å². The van der Waals surface area contributed by atoms with Gasteiger partial charge in [-0.05, 0) is 0 Å². The quantitative estimate of drug-likeness (QED) is 0.607. The molecule has 80 valence electrons. The summed E-state index contributed by atoms with van der Waals surface area (Å²) in [5.74, 6) is 0.715. The van der Waals surface area contributed by atoms with Crippen molar-refractivity contribution < 1.29 is 4.74 Å². The molecule has 2 unspecified atom stereocenters. The second kappa shape index (κ2) is 3.48. The minimum atomic E-state index is -0.0479. The lowest BCUT2D eigenvalue weighted by Crippen LogP contribution is -2.70. The number of hydrogen-bond donors (Lipinski definition) is 2. The molecule has 6 nitrogen and oxygen atoms in total. The number of piperazine rings is 1. The first kappa shape index (κ1) is 9.14. The second-order valence-corrected chi connectivity index (χ2v) is 3.95. The van der Waals surface area contributed by atoms with Crippen LogP contribution < -0.4 is 10.6 Å². The summed E-state index contributed by atoms with van der Waals surface area (Å²) in [7, 11) is 0.